The zero-order valence-electron chi connectivity index (χ0n) is 26.0. The summed E-state index contributed by atoms with van der Waals surface area (Å²) in [5.74, 6) is 0.909. The number of nitrogens with one attached hydrogen (secondary N) is 1. The Morgan fingerprint density at radius 1 is 1.23 bits per heavy atom. The first-order valence-corrected chi connectivity index (χ1v) is 15.9. The number of aliphatic hydroxyl groups excluding tert-OH is 1. The quantitative estimate of drug-likeness (QED) is 0.217. The molecule has 1 amide bonds. The highest BCUT2D eigenvalue weighted by Crippen LogP contribution is 2.41. The lowest BCUT2D eigenvalue weighted by atomic mass is 9.91. The van der Waals surface area contributed by atoms with Gasteiger partial charge in [-0.2, -0.15) is 5.26 Å². The molecule has 12 heteroatoms. The van der Waals surface area contributed by atoms with Crippen LogP contribution in [0, 0.1) is 11.3 Å². The molecule has 2 saturated heterocycles. The zero-order valence-corrected chi connectivity index (χ0v) is 26.7. The predicted octanol–water partition coefficient (Wildman–Crippen LogP) is 5.76. The minimum Gasteiger partial charge on any atom is -0.488 e. The standard InChI is InChI=1S/C35H35ClN6O5/c1-22(44)40-25-7-10-42(11-12-43)32(15-25)29-16-28-31(17-34(29)47-27-8-13-45-21-27)39-19-23(18-37)35(28)41-24-5-6-33(30(36)14-24)46-20-26-4-2-3-9-38-26/h2-6,9,14,16-17,19,27,32,43H,7-8,10-13,15,20-21H2,1H3,(H,39,41). The van der Waals surface area contributed by atoms with Crippen LogP contribution in [0.25, 0.3) is 10.9 Å². The van der Waals surface area contributed by atoms with E-state index >= 15 is 0 Å². The highest BCUT2D eigenvalue weighted by molar-refractivity contribution is 6.32. The number of amides is 1. The SMILES string of the molecule is CC(=O)N=C1CCN(CCO)C(c2cc3c(Nc4ccc(OCc5ccccn5)c(Cl)c4)c(C#N)cnc3cc2OC2CCOC2)C1. The summed E-state index contributed by atoms with van der Waals surface area (Å²) >= 11 is 6.63. The normalized spacial score (nSPS) is 19.1. The molecule has 6 rings (SSSR count). The highest BCUT2D eigenvalue weighted by atomic mass is 35.5. The zero-order chi connectivity index (χ0) is 32.8. The molecule has 0 aliphatic carbocycles. The lowest BCUT2D eigenvalue weighted by Crippen LogP contribution is -2.39. The van der Waals surface area contributed by atoms with Crippen LogP contribution in [0.1, 0.15) is 49.0 Å². The van der Waals surface area contributed by atoms with Gasteiger partial charge in [-0.1, -0.05) is 17.7 Å². The van der Waals surface area contributed by atoms with Crippen LogP contribution in [0.2, 0.25) is 5.02 Å². The van der Waals surface area contributed by atoms with Gasteiger partial charge in [0.1, 0.15) is 30.3 Å². The summed E-state index contributed by atoms with van der Waals surface area (Å²) in [6.45, 7) is 3.86. The molecule has 0 radical (unpaired) electrons. The summed E-state index contributed by atoms with van der Waals surface area (Å²) in [4.78, 5) is 27.3. The molecule has 4 heterocycles. The van der Waals surface area contributed by atoms with Crippen LogP contribution in [0.5, 0.6) is 11.5 Å². The molecule has 47 heavy (non-hydrogen) atoms. The third kappa shape index (κ3) is 7.69. The van der Waals surface area contributed by atoms with Crippen molar-refractivity contribution < 1.29 is 24.1 Å². The molecule has 0 saturated carbocycles. The average Bonchev–Trinajstić information content (AvgIpc) is 3.58. The van der Waals surface area contributed by atoms with Crippen molar-refractivity contribution in [2.24, 2.45) is 4.99 Å². The third-order valence-corrected chi connectivity index (χ3v) is 8.52. The number of likely N-dealkylation sites (tertiary alicyclic amines) is 1. The van der Waals surface area contributed by atoms with Gasteiger partial charge in [-0.25, -0.2) is 4.99 Å². The van der Waals surface area contributed by atoms with E-state index in [4.69, 9.17) is 25.8 Å². The second-order valence-electron chi connectivity index (χ2n) is 11.5. The number of aliphatic imine (C=N–C) groups is 1. The number of nitrogens with zero attached hydrogens (tertiary/aromatic N) is 5. The van der Waals surface area contributed by atoms with E-state index in [1.54, 1.807) is 18.3 Å². The molecule has 0 bridgehead atoms. The number of fused-ring (bicyclic) bond motifs is 1. The van der Waals surface area contributed by atoms with Gasteiger partial charge in [0.05, 0.1) is 47.3 Å². The molecule has 2 N–H and O–H groups in total. The van der Waals surface area contributed by atoms with Gasteiger partial charge in [0.2, 0.25) is 5.91 Å². The molecular formula is C35H35ClN6O5. The van der Waals surface area contributed by atoms with Crippen LogP contribution in [0.3, 0.4) is 0 Å². The Bertz CT molecular complexity index is 1820. The lowest BCUT2D eigenvalue weighted by molar-refractivity contribution is -0.115. The molecular weight excluding hydrogens is 620 g/mol. The molecule has 2 unspecified atom stereocenters. The molecule has 4 aromatic rings. The number of ether oxygens (including phenoxy) is 3. The van der Waals surface area contributed by atoms with Crippen LogP contribution in [0.4, 0.5) is 11.4 Å². The van der Waals surface area contributed by atoms with Gasteiger partial charge in [0, 0.05) is 79.7 Å². The van der Waals surface area contributed by atoms with E-state index in [1.165, 1.54) is 13.1 Å². The van der Waals surface area contributed by atoms with Crippen molar-refractivity contribution in [1.29, 1.82) is 5.26 Å². The number of carbonyl (C=O) groups is 1. The van der Waals surface area contributed by atoms with Crippen LogP contribution >= 0.6 is 11.6 Å². The van der Waals surface area contributed by atoms with Crippen molar-refractivity contribution >= 4 is 45.5 Å². The minimum absolute atomic E-state index is 0.0226. The molecule has 242 valence electrons. The van der Waals surface area contributed by atoms with Gasteiger partial charge >= 0.3 is 0 Å². The van der Waals surface area contributed by atoms with E-state index in [0.717, 1.165) is 23.4 Å². The van der Waals surface area contributed by atoms with Crippen molar-refractivity contribution in [2.45, 2.75) is 44.9 Å². The number of carbonyl (C=O) groups excluding carboxylic acids is 1. The number of halogens is 1. The number of piperidine rings is 1. The van der Waals surface area contributed by atoms with E-state index in [2.05, 4.69) is 31.2 Å². The molecule has 2 aromatic heterocycles. The van der Waals surface area contributed by atoms with Crippen molar-refractivity contribution in [1.82, 2.24) is 14.9 Å². The Morgan fingerprint density at radius 2 is 2.13 bits per heavy atom. The predicted molar refractivity (Wildman–Crippen MR) is 178 cm³/mol. The number of β-amino-alcohol motifs (C(OH)–C–C–N with tert-alkyl or cyclic N) is 1. The van der Waals surface area contributed by atoms with Crippen molar-refractivity contribution in [3.8, 4) is 17.6 Å². The summed E-state index contributed by atoms with van der Waals surface area (Å²) in [6, 6.07) is 16.9. The molecule has 11 nitrogen and oxygen atoms in total. The summed E-state index contributed by atoms with van der Waals surface area (Å²) in [5, 5.41) is 24.6. The second kappa shape index (κ2) is 14.9. The number of nitriles is 1. The first-order valence-electron chi connectivity index (χ1n) is 15.5. The summed E-state index contributed by atoms with van der Waals surface area (Å²) in [5.41, 5.74) is 4.64. The minimum atomic E-state index is -0.242. The average molecular weight is 655 g/mol. The molecule has 2 aliphatic heterocycles. The van der Waals surface area contributed by atoms with Gasteiger partial charge in [0.25, 0.3) is 0 Å². The molecule has 0 spiro atoms. The lowest BCUT2D eigenvalue weighted by Gasteiger charge is -2.37. The van der Waals surface area contributed by atoms with Gasteiger partial charge in [-0.05, 0) is 42.8 Å². The van der Waals surface area contributed by atoms with Gasteiger partial charge < -0.3 is 24.6 Å². The maximum absolute atomic E-state index is 11.9. The van der Waals surface area contributed by atoms with E-state index in [1.807, 2.05) is 36.4 Å². The Morgan fingerprint density at radius 3 is 2.85 bits per heavy atom. The topological polar surface area (TPSA) is 142 Å². The first kappa shape index (κ1) is 32.3. The number of hydrogen-bond donors (Lipinski definition) is 2. The summed E-state index contributed by atoms with van der Waals surface area (Å²) < 4.78 is 18.0. The first-order chi connectivity index (χ1) is 22.9. The Kier molecular flexibility index (Phi) is 10.2. The maximum atomic E-state index is 11.9. The molecule has 2 fully saturated rings. The van der Waals surface area contributed by atoms with Crippen LogP contribution < -0.4 is 14.8 Å². The number of benzene rings is 2. The van der Waals surface area contributed by atoms with Crippen molar-refractivity contribution in [3.63, 3.8) is 0 Å². The van der Waals surface area contributed by atoms with Gasteiger partial charge in [-0.3, -0.25) is 19.7 Å². The number of anilines is 2. The fourth-order valence-electron chi connectivity index (χ4n) is 5.99. The van der Waals surface area contributed by atoms with Crippen LogP contribution in [-0.2, 0) is 16.1 Å². The second-order valence-corrected chi connectivity index (χ2v) is 11.9. The monoisotopic (exact) mass is 654 g/mol. The van der Waals surface area contributed by atoms with Crippen LogP contribution in [-0.4, -0.2) is 70.6 Å². The Balaban J connectivity index is 1.39. The largest absolute Gasteiger partial charge is 0.488 e. The summed E-state index contributed by atoms with van der Waals surface area (Å²) in [6.07, 6.45) is 5.01. The van der Waals surface area contributed by atoms with Crippen molar-refractivity contribution in [3.05, 3.63) is 82.8 Å². The Labute approximate surface area is 277 Å². The number of aliphatic hydroxyl groups is 1. The maximum Gasteiger partial charge on any atom is 0.242 e. The highest BCUT2D eigenvalue weighted by Gasteiger charge is 2.31. The third-order valence-electron chi connectivity index (χ3n) is 8.22. The molecule has 2 atom stereocenters. The number of aromatic nitrogens is 2. The number of hydrogen-bond acceptors (Lipinski definition) is 10. The number of rotatable bonds is 10. The fraction of sp³-hybridized carbons (Fsp3) is 0.343. The smallest absolute Gasteiger partial charge is 0.242 e. The van der Waals surface area contributed by atoms with Gasteiger partial charge in [-0.15, -0.1) is 0 Å². The Hall–Kier alpha value is -4.60. The fourth-order valence-corrected chi connectivity index (χ4v) is 6.22. The van der Waals surface area contributed by atoms with Gasteiger partial charge in [0.15, 0.2) is 0 Å². The van der Waals surface area contributed by atoms with E-state index < -0.39 is 0 Å². The summed E-state index contributed by atoms with van der Waals surface area (Å²) in [7, 11) is 0. The van der Waals surface area contributed by atoms with Crippen molar-refractivity contribution in [2.75, 3.05) is 38.2 Å². The van der Waals surface area contributed by atoms with Crippen LogP contribution in [0.15, 0.2) is 65.9 Å². The van der Waals surface area contributed by atoms with E-state index in [-0.39, 0.29) is 31.3 Å². The molecule has 2 aromatic carbocycles. The number of pyridine rings is 2. The molecule has 2 aliphatic rings. The van der Waals surface area contributed by atoms with E-state index in [9.17, 15) is 15.2 Å². The van der Waals surface area contributed by atoms with E-state index in [0.29, 0.717) is 83.5 Å².